The molecule has 2 saturated heterocycles. The molecule has 0 aliphatic carbocycles. The molecule has 1 aromatic carbocycles. The molecule has 0 bridgehead atoms. The summed E-state index contributed by atoms with van der Waals surface area (Å²) in [7, 11) is -2.08. The second kappa shape index (κ2) is 5.88. The molecule has 0 spiro atoms. The maximum atomic E-state index is 13.4. The Labute approximate surface area is 130 Å². The van der Waals surface area contributed by atoms with Crippen LogP contribution in [0, 0.1) is 11.2 Å². The Kier molecular flexibility index (Phi) is 4.24. The van der Waals surface area contributed by atoms with Crippen molar-refractivity contribution < 1.29 is 22.3 Å². The highest BCUT2D eigenvalue weighted by atomic mass is 32.2. The van der Waals surface area contributed by atoms with Crippen LogP contribution in [0.15, 0.2) is 29.2 Å². The van der Waals surface area contributed by atoms with Gasteiger partial charge in [-0.1, -0.05) is 6.07 Å². The van der Waals surface area contributed by atoms with E-state index < -0.39 is 15.8 Å². The number of ether oxygens (including phenoxy) is 2. The molecule has 3 rings (SSSR count). The summed E-state index contributed by atoms with van der Waals surface area (Å²) in [6.07, 6.45) is 1.45. The van der Waals surface area contributed by atoms with E-state index in [1.54, 1.807) is 7.11 Å². The zero-order valence-electron chi connectivity index (χ0n) is 12.5. The molecule has 0 amide bonds. The summed E-state index contributed by atoms with van der Waals surface area (Å²) >= 11 is 0. The second-order valence-electron chi connectivity index (χ2n) is 5.99. The van der Waals surface area contributed by atoms with Gasteiger partial charge in [0, 0.05) is 32.2 Å². The van der Waals surface area contributed by atoms with Gasteiger partial charge in [-0.2, -0.15) is 4.31 Å². The summed E-state index contributed by atoms with van der Waals surface area (Å²) < 4.78 is 51.3. The Morgan fingerprint density at radius 2 is 2.32 bits per heavy atom. The van der Waals surface area contributed by atoms with Gasteiger partial charge in [-0.15, -0.1) is 0 Å². The first kappa shape index (κ1) is 15.9. The van der Waals surface area contributed by atoms with Gasteiger partial charge in [0.15, 0.2) is 0 Å². The molecule has 2 aliphatic rings. The van der Waals surface area contributed by atoms with E-state index in [1.165, 1.54) is 22.5 Å². The van der Waals surface area contributed by atoms with Crippen LogP contribution in [0.5, 0.6) is 0 Å². The van der Waals surface area contributed by atoms with Crippen molar-refractivity contribution in [2.24, 2.45) is 5.41 Å². The van der Waals surface area contributed by atoms with E-state index in [-0.39, 0.29) is 16.4 Å². The van der Waals surface area contributed by atoms with Gasteiger partial charge in [-0.3, -0.25) is 0 Å². The van der Waals surface area contributed by atoms with Crippen LogP contribution in [0.4, 0.5) is 4.39 Å². The van der Waals surface area contributed by atoms with Crippen molar-refractivity contribution in [2.45, 2.75) is 23.8 Å². The maximum absolute atomic E-state index is 13.4. The molecule has 22 heavy (non-hydrogen) atoms. The van der Waals surface area contributed by atoms with E-state index in [0.717, 1.165) is 12.5 Å². The van der Waals surface area contributed by atoms with Gasteiger partial charge in [0.05, 0.1) is 17.6 Å². The van der Waals surface area contributed by atoms with Crippen LogP contribution in [0.2, 0.25) is 0 Å². The van der Waals surface area contributed by atoms with E-state index in [9.17, 15) is 12.8 Å². The standard InChI is InChI=1S/C15H20FNO4S/c1-20-11-15-6-8-21-14(15)5-7-17(10-15)22(18,19)13-4-2-3-12(16)9-13/h2-4,9,14H,5-8,10-11H2,1H3/t14-,15+/m1/s1. The number of rotatable bonds is 4. The second-order valence-corrected chi connectivity index (χ2v) is 7.93. The van der Waals surface area contributed by atoms with Crippen LogP contribution in [0.3, 0.4) is 0 Å². The lowest BCUT2D eigenvalue weighted by Gasteiger charge is -2.42. The van der Waals surface area contributed by atoms with Crippen molar-refractivity contribution in [3.8, 4) is 0 Å². The van der Waals surface area contributed by atoms with E-state index in [0.29, 0.717) is 32.7 Å². The fraction of sp³-hybridized carbons (Fsp3) is 0.600. The van der Waals surface area contributed by atoms with Gasteiger partial charge in [0.25, 0.3) is 0 Å². The predicted molar refractivity (Wildman–Crippen MR) is 78.4 cm³/mol. The minimum atomic E-state index is -3.70. The van der Waals surface area contributed by atoms with Gasteiger partial charge in [0.1, 0.15) is 5.82 Å². The van der Waals surface area contributed by atoms with Crippen LogP contribution >= 0.6 is 0 Å². The maximum Gasteiger partial charge on any atom is 0.243 e. The highest BCUT2D eigenvalue weighted by Crippen LogP contribution is 2.42. The zero-order chi connectivity index (χ0) is 15.8. The van der Waals surface area contributed by atoms with Crippen LogP contribution in [-0.2, 0) is 19.5 Å². The van der Waals surface area contributed by atoms with Crippen LogP contribution in [0.1, 0.15) is 12.8 Å². The van der Waals surface area contributed by atoms with Crippen LogP contribution < -0.4 is 0 Å². The average Bonchev–Trinajstić information content (AvgIpc) is 2.90. The molecule has 0 aromatic heterocycles. The molecular formula is C15H20FNO4S. The first-order chi connectivity index (χ1) is 10.5. The normalized spacial score (nSPS) is 29.5. The fourth-order valence-corrected chi connectivity index (χ4v) is 5.07. The number of methoxy groups -OCH3 is 1. The van der Waals surface area contributed by atoms with Gasteiger partial charge in [-0.05, 0) is 31.0 Å². The average molecular weight is 329 g/mol. The molecule has 1 aromatic rings. The first-order valence-electron chi connectivity index (χ1n) is 7.34. The summed E-state index contributed by atoms with van der Waals surface area (Å²) in [5.41, 5.74) is -0.298. The van der Waals surface area contributed by atoms with Crippen molar-refractivity contribution in [3.05, 3.63) is 30.1 Å². The lowest BCUT2D eigenvalue weighted by Crippen LogP contribution is -2.53. The minimum Gasteiger partial charge on any atom is -0.384 e. The highest BCUT2D eigenvalue weighted by molar-refractivity contribution is 7.89. The molecule has 2 aliphatic heterocycles. The summed E-state index contributed by atoms with van der Waals surface area (Å²) in [5.74, 6) is -0.549. The molecule has 0 saturated carbocycles. The topological polar surface area (TPSA) is 55.8 Å². The van der Waals surface area contributed by atoms with Crippen LogP contribution in [-0.4, -0.2) is 52.2 Å². The molecule has 5 nitrogen and oxygen atoms in total. The molecule has 0 unspecified atom stereocenters. The fourth-order valence-electron chi connectivity index (χ4n) is 3.48. The third-order valence-corrected chi connectivity index (χ3v) is 6.44. The van der Waals surface area contributed by atoms with E-state index >= 15 is 0 Å². The van der Waals surface area contributed by atoms with E-state index in [2.05, 4.69) is 0 Å². The van der Waals surface area contributed by atoms with Gasteiger partial charge >= 0.3 is 0 Å². The number of hydrogen-bond donors (Lipinski definition) is 0. The lowest BCUT2D eigenvalue weighted by molar-refractivity contribution is -0.0358. The van der Waals surface area contributed by atoms with Gasteiger partial charge in [0.2, 0.25) is 10.0 Å². The third-order valence-electron chi connectivity index (χ3n) is 4.60. The molecular weight excluding hydrogens is 309 g/mol. The van der Waals surface area contributed by atoms with Gasteiger partial charge < -0.3 is 9.47 Å². The Hall–Kier alpha value is -1.02. The van der Waals surface area contributed by atoms with E-state index in [4.69, 9.17) is 9.47 Å². The van der Waals surface area contributed by atoms with Crippen LogP contribution in [0.25, 0.3) is 0 Å². The third kappa shape index (κ3) is 2.67. The number of hydrogen-bond acceptors (Lipinski definition) is 4. The van der Waals surface area contributed by atoms with Crippen molar-refractivity contribution in [1.82, 2.24) is 4.31 Å². The molecule has 2 atom stereocenters. The number of halogens is 1. The molecule has 2 fully saturated rings. The summed E-state index contributed by atoms with van der Waals surface area (Å²) in [5, 5.41) is 0. The van der Waals surface area contributed by atoms with E-state index in [1.807, 2.05) is 0 Å². The Morgan fingerprint density at radius 3 is 3.05 bits per heavy atom. The highest BCUT2D eigenvalue weighted by Gasteiger charge is 2.50. The predicted octanol–water partition coefficient (Wildman–Crippen LogP) is 1.64. The monoisotopic (exact) mass is 329 g/mol. The molecule has 7 heteroatoms. The number of sulfonamides is 1. The number of piperidine rings is 1. The number of benzene rings is 1. The smallest absolute Gasteiger partial charge is 0.243 e. The summed E-state index contributed by atoms with van der Waals surface area (Å²) in [6, 6.07) is 5.15. The summed E-state index contributed by atoms with van der Waals surface area (Å²) in [6.45, 7) is 1.83. The summed E-state index contributed by atoms with van der Waals surface area (Å²) in [4.78, 5) is -0.00238. The Bertz CT molecular complexity index is 651. The van der Waals surface area contributed by atoms with Crippen molar-refractivity contribution in [1.29, 1.82) is 0 Å². The van der Waals surface area contributed by atoms with Crippen molar-refractivity contribution >= 4 is 10.0 Å². The Balaban J connectivity index is 1.89. The first-order valence-corrected chi connectivity index (χ1v) is 8.78. The molecule has 2 heterocycles. The van der Waals surface area contributed by atoms with Crippen molar-refractivity contribution in [2.75, 3.05) is 33.4 Å². The Morgan fingerprint density at radius 1 is 1.50 bits per heavy atom. The number of fused-ring (bicyclic) bond motifs is 1. The quantitative estimate of drug-likeness (QED) is 0.843. The molecule has 122 valence electrons. The molecule has 0 radical (unpaired) electrons. The van der Waals surface area contributed by atoms with Gasteiger partial charge in [-0.25, -0.2) is 12.8 Å². The number of nitrogens with zero attached hydrogens (tertiary/aromatic N) is 1. The largest absolute Gasteiger partial charge is 0.384 e. The SMILES string of the molecule is COC[C@@]12CCO[C@@H]1CCN(S(=O)(=O)c1cccc(F)c1)C2. The molecule has 0 N–H and O–H groups in total. The van der Waals surface area contributed by atoms with Crippen molar-refractivity contribution in [3.63, 3.8) is 0 Å². The lowest BCUT2D eigenvalue weighted by atomic mass is 9.78. The minimum absolute atomic E-state index is 0.00238. The zero-order valence-corrected chi connectivity index (χ0v) is 13.3.